The van der Waals surface area contributed by atoms with E-state index >= 15 is 0 Å². The fourth-order valence-electron chi connectivity index (χ4n) is 5.47. The predicted molar refractivity (Wildman–Crippen MR) is 145 cm³/mol. The molecule has 1 aliphatic rings. The number of carbonyl (C=O) groups is 1. The van der Waals surface area contributed by atoms with Crippen molar-refractivity contribution >= 4 is 5.97 Å². The molecule has 0 bridgehead atoms. The molecule has 2 aromatic carbocycles. The van der Waals surface area contributed by atoms with E-state index in [-0.39, 0.29) is 19.2 Å². The Labute approximate surface area is 212 Å². The third-order valence-corrected chi connectivity index (χ3v) is 7.68. The van der Waals surface area contributed by atoms with Gasteiger partial charge in [0.1, 0.15) is 0 Å². The number of carbonyl (C=O) groups excluding carboxylic acids is 1. The molecule has 0 aliphatic heterocycles. The molecule has 0 heterocycles. The van der Waals surface area contributed by atoms with Gasteiger partial charge in [-0.2, -0.15) is 0 Å². The SMILES string of the molecule is C=C(C)C(=O)OCCc1cc(-c2ccc(C3CCC(CCCCC)CC3)cc2CC)ccc1CO. The molecule has 0 amide bonds. The van der Waals surface area contributed by atoms with Gasteiger partial charge in [0.05, 0.1) is 13.2 Å². The highest BCUT2D eigenvalue weighted by Gasteiger charge is 2.23. The van der Waals surface area contributed by atoms with Gasteiger partial charge < -0.3 is 9.84 Å². The number of aliphatic hydroxyl groups excluding tert-OH is 1. The van der Waals surface area contributed by atoms with Crippen LogP contribution < -0.4 is 0 Å². The second-order valence-corrected chi connectivity index (χ2v) is 10.3. The Kier molecular flexibility index (Phi) is 10.6. The van der Waals surface area contributed by atoms with Crippen molar-refractivity contribution in [2.45, 2.75) is 97.5 Å². The summed E-state index contributed by atoms with van der Waals surface area (Å²) in [7, 11) is 0. The first-order valence-electron chi connectivity index (χ1n) is 13.6. The van der Waals surface area contributed by atoms with E-state index in [1.54, 1.807) is 6.92 Å². The van der Waals surface area contributed by atoms with Gasteiger partial charge in [-0.1, -0.05) is 82.5 Å². The van der Waals surface area contributed by atoms with E-state index in [2.05, 4.69) is 50.8 Å². The van der Waals surface area contributed by atoms with E-state index < -0.39 is 0 Å². The lowest BCUT2D eigenvalue weighted by Crippen LogP contribution is -2.13. The maximum Gasteiger partial charge on any atom is 0.333 e. The molecule has 0 unspecified atom stereocenters. The van der Waals surface area contributed by atoms with Crippen molar-refractivity contribution in [3.8, 4) is 11.1 Å². The summed E-state index contributed by atoms with van der Waals surface area (Å²) in [5.41, 5.74) is 7.59. The molecule has 3 heteroatoms. The van der Waals surface area contributed by atoms with Gasteiger partial charge in [-0.05, 0) is 84.2 Å². The molecule has 190 valence electrons. The van der Waals surface area contributed by atoms with Crippen LogP contribution >= 0.6 is 0 Å². The molecule has 1 N–H and O–H groups in total. The zero-order valence-electron chi connectivity index (χ0n) is 22.1. The van der Waals surface area contributed by atoms with Crippen LogP contribution in [0.3, 0.4) is 0 Å². The molecular weight excluding hydrogens is 432 g/mol. The summed E-state index contributed by atoms with van der Waals surface area (Å²) in [6.45, 7) is 10.1. The van der Waals surface area contributed by atoms with Crippen LogP contribution in [-0.4, -0.2) is 17.7 Å². The molecule has 1 aliphatic carbocycles. The lowest BCUT2D eigenvalue weighted by Gasteiger charge is -2.29. The summed E-state index contributed by atoms with van der Waals surface area (Å²) in [6.07, 6.45) is 12.4. The van der Waals surface area contributed by atoms with Crippen LogP contribution in [0.2, 0.25) is 0 Å². The number of rotatable bonds is 12. The lowest BCUT2D eigenvalue weighted by molar-refractivity contribution is -0.138. The summed E-state index contributed by atoms with van der Waals surface area (Å²) >= 11 is 0. The van der Waals surface area contributed by atoms with Crippen LogP contribution in [-0.2, 0) is 29.0 Å². The average molecular weight is 477 g/mol. The Morgan fingerprint density at radius 3 is 2.43 bits per heavy atom. The zero-order chi connectivity index (χ0) is 25.2. The Morgan fingerprint density at radius 1 is 1.00 bits per heavy atom. The smallest absolute Gasteiger partial charge is 0.333 e. The normalized spacial score (nSPS) is 17.8. The van der Waals surface area contributed by atoms with Gasteiger partial charge in [-0.25, -0.2) is 4.79 Å². The largest absolute Gasteiger partial charge is 0.462 e. The Balaban J connectivity index is 1.72. The van der Waals surface area contributed by atoms with Gasteiger partial charge in [0.2, 0.25) is 0 Å². The topological polar surface area (TPSA) is 46.5 Å². The third kappa shape index (κ3) is 7.54. The van der Waals surface area contributed by atoms with E-state index in [0.717, 1.165) is 29.0 Å². The highest BCUT2D eigenvalue weighted by molar-refractivity contribution is 5.86. The Morgan fingerprint density at radius 2 is 1.77 bits per heavy atom. The molecule has 0 radical (unpaired) electrons. The van der Waals surface area contributed by atoms with Gasteiger partial charge in [0.25, 0.3) is 0 Å². The summed E-state index contributed by atoms with van der Waals surface area (Å²) in [5.74, 6) is 1.25. The Bertz CT molecular complexity index is 982. The van der Waals surface area contributed by atoms with Gasteiger partial charge in [0, 0.05) is 12.0 Å². The van der Waals surface area contributed by atoms with E-state index in [0.29, 0.717) is 17.9 Å². The number of aryl methyl sites for hydroxylation is 1. The quantitative estimate of drug-likeness (QED) is 0.192. The second-order valence-electron chi connectivity index (χ2n) is 10.3. The molecule has 3 rings (SSSR count). The molecule has 1 fully saturated rings. The number of hydrogen-bond acceptors (Lipinski definition) is 3. The summed E-state index contributed by atoms with van der Waals surface area (Å²) in [4.78, 5) is 11.7. The molecule has 3 nitrogen and oxygen atoms in total. The van der Waals surface area contributed by atoms with Crippen molar-refractivity contribution in [3.05, 3.63) is 70.8 Å². The standard InChI is InChI=1S/C32H44O3/c1-5-7-8-9-24-10-12-26(13-11-24)27-16-17-31(25(6-2)20-27)29-14-15-30(22-33)28(21-29)18-19-35-32(34)23(3)4/h14-17,20-21,24,26,33H,3,5-13,18-19,22H2,1-2,4H3. The van der Waals surface area contributed by atoms with Crippen molar-refractivity contribution in [1.29, 1.82) is 0 Å². The zero-order valence-corrected chi connectivity index (χ0v) is 22.1. The number of esters is 1. The minimum absolute atomic E-state index is 0.0231. The van der Waals surface area contributed by atoms with Gasteiger partial charge in [0.15, 0.2) is 0 Å². The van der Waals surface area contributed by atoms with Crippen LogP contribution in [0.1, 0.15) is 100 Å². The van der Waals surface area contributed by atoms with Crippen molar-refractivity contribution < 1.29 is 14.6 Å². The number of hydrogen-bond donors (Lipinski definition) is 1. The number of benzene rings is 2. The van der Waals surface area contributed by atoms with E-state index in [4.69, 9.17) is 4.74 Å². The molecule has 2 aromatic rings. The van der Waals surface area contributed by atoms with Crippen LogP contribution in [0.4, 0.5) is 0 Å². The van der Waals surface area contributed by atoms with Gasteiger partial charge in [-0.15, -0.1) is 0 Å². The van der Waals surface area contributed by atoms with E-state index in [1.165, 1.54) is 68.1 Å². The van der Waals surface area contributed by atoms with Crippen molar-refractivity contribution in [2.75, 3.05) is 6.61 Å². The van der Waals surface area contributed by atoms with Crippen molar-refractivity contribution in [3.63, 3.8) is 0 Å². The summed E-state index contributed by atoms with van der Waals surface area (Å²) in [6, 6.07) is 13.3. The van der Waals surface area contributed by atoms with Crippen molar-refractivity contribution in [2.24, 2.45) is 5.92 Å². The van der Waals surface area contributed by atoms with Crippen LogP contribution in [0.5, 0.6) is 0 Å². The number of aliphatic hydroxyl groups is 1. The molecule has 0 aromatic heterocycles. The van der Waals surface area contributed by atoms with Crippen LogP contribution in [0.15, 0.2) is 48.6 Å². The lowest BCUT2D eigenvalue weighted by atomic mass is 9.76. The first-order valence-corrected chi connectivity index (χ1v) is 13.6. The van der Waals surface area contributed by atoms with E-state index in [9.17, 15) is 9.90 Å². The maximum absolute atomic E-state index is 11.7. The van der Waals surface area contributed by atoms with Crippen LogP contribution in [0, 0.1) is 5.92 Å². The van der Waals surface area contributed by atoms with Crippen molar-refractivity contribution in [1.82, 2.24) is 0 Å². The monoisotopic (exact) mass is 476 g/mol. The maximum atomic E-state index is 11.7. The first kappa shape index (κ1) is 27.2. The highest BCUT2D eigenvalue weighted by Crippen LogP contribution is 2.39. The summed E-state index contributed by atoms with van der Waals surface area (Å²) < 4.78 is 5.29. The molecule has 35 heavy (non-hydrogen) atoms. The molecule has 1 saturated carbocycles. The Hall–Kier alpha value is -2.39. The minimum Gasteiger partial charge on any atom is -0.462 e. The van der Waals surface area contributed by atoms with Crippen LogP contribution in [0.25, 0.3) is 11.1 Å². The first-order chi connectivity index (χ1) is 17.0. The third-order valence-electron chi connectivity index (χ3n) is 7.68. The predicted octanol–water partition coefficient (Wildman–Crippen LogP) is 7.92. The van der Waals surface area contributed by atoms with Gasteiger partial charge in [-0.3, -0.25) is 0 Å². The number of ether oxygens (including phenoxy) is 1. The molecule has 0 spiro atoms. The average Bonchev–Trinajstić information content (AvgIpc) is 2.88. The summed E-state index contributed by atoms with van der Waals surface area (Å²) in [5, 5.41) is 9.82. The van der Waals surface area contributed by atoms with E-state index in [1.807, 2.05) is 6.07 Å². The fraction of sp³-hybridized carbons (Fsp3) is 0.531. The number of unbranched alkanes of at least 4 members (excludes halogenated alkanes) is 2. The van der Waals surface area contributed by atoms with Gasteiger partial charge >= 0.3 is 5.97 Å². The second kappa shape index (κ2) is 13.6. The highest BCUT2D eigenvalue weighted by atomic mass is 16.5. The molecule has 0 saturated heterocycles. The molecule has 0 atom stereocenters. The fourth-order valence-corrected chi connectivity index (χ4v) is 5.47. The minimum atomic E-state index is -0.370. The molecular formula is C32H44O3.